The molecule has 0 N–H and O–H groups in total. The van der Waals surface area contributed by atoms with Crippen molar-refractivity contribution < 1.29 is 9.59 Å². The molecule has 0 saturated carbocycles. The molecule has 0 spiro atoms. The molecular formula is C26H28N4O2. The minimum Gasteiger partial charge on any atom is -0.334 e. The van der Waals surface area contributed by atoms with Crippen LogP contribution in [0.2, 0.25) is 0 Å². The van der Waals surface area contributed by atoms with Crippen LogP contribution in [0.15, 0.2) is 73.8 Å². The van der Waals surface area contributed by atoms with Gasteiger partial charge in [-0.15, -0.1) is 13.2 Å². The van der Waals surface area contributed by atoms with Gasteiger partial charge in [0.25, 0.3) is 0 Å². The van der Waals surface area contributed by atoms with Gasteiger partial charge < -0.3 is 14.4 Å². The molecule has 0 unspecified atom stereocenters. The standard InChI is InChI=1S/C26H28N4O2/c1-4-14-28(15-5-2)25(32)18-30-23-13-9-7-11-21(23)27-26(30)20-16-24(31)29(17-20)22-12-8-6-10-19(22)3/h4-13,20H,1-2,14-18H2,3H3/t20-/m1/s1. The number of hydrogen-bond acceptors (Lipinski definition) is 3. The molecule has 4 rings (SSSR count). The maximum atomic E-state index is 13.1. The van der Waals surface area contributed by atoms with Crippen molar-refractivity contribution in [3.8, 4) is 0 Å². The number of amides is 2. The number of nitrogens with zero attached hydrogens (tertiary/aromatic N) is 4. The van der Waals surface area contributed by atoms with Crippen molar-refractivity contribution >= 4 is 28.5 Å². The van der Waals surface area contributed by atoms with Crippen LogP contribution in [0.4, 0.5) is 5.69 Å². The van der Waals surface area contributed by atoms with Crippen molar-refractivity contribution in [3.63, 3.8) is 0 Å². The molecule has 6 heteroatoms. The van der Waals surface area contributed by atoms with Crippen molar-refractivity contribution in [1.29, 1.82) is 0 Å². The van der Waals surface area contributed by atoms with E-state index >= 15 is 0 Å². The zero-order chi connectivity index (χ0) is 22.7. The van der Waals surface area contributed by atoms with E-state index in [9.17, 15) is 9.59 Å². The number of hydrogen-bond donors (Lipinski definition) is 0. The van der Waals surface area contributed by atoms with Gasteiger partial charge in [0.1, 0.15) is 12.4 Å². The maximum Gasteiger partial charge on any atom is 0.243 e. The van der Waals surface area contributed by atoms with E-state index in [0.29, 0.717) is 26.1 Å². The number of imidazole rings is 1. The van der Waals surface area contributed by atoms with Gasteiger partial charge in [-0.05, 0) is 30.7 Å². The van der Waals surface area contributed by atoms with Crippen LogP contribution in [0, 0.1) is 6.92 Å². The highest BCUT2D eigenvalue weighted by atomic mass is 16.2. The second kappa shape index (κ2) is 9.22. The summed E-state index contributed by atoms with van der Waals surface area (Å²) in [6.45, 7) is 11.1. The highest BCUT2D eigenvalue weighted by Gasteiger charge is 2.35. The summed E-state index contributed by atoms with van der Waals surface area (Å²) in [7, 11) is 0. The van der Waals surface area contributed by atoms with E-state index in [-0.39, 0.29) is 24.3 Å². The normalized spacial score (nSPS) is 15.8. The second-order valence-corrected chi connectivity index (χ2v) is 8.11. The fraction of sp³-hybridized carbons (Fsp3) is 0.269. The second-order valence-electron chi connectivity index (χ2n) is 8.11. The predicted octanol–water partition coefficient (Wildman–Crippen LogP) is 4.07. The van der Waals surface area contributed by atoms with Crippen LogP contribution in [0.5, 0.6) is 0 Å². The minimum absolute atomic E-state index is 0.0331. The van der Waals surface area contributed by atoms with E-state index in [4.69, 9.17) is 4.98 Å². The molecule has 1 aliphatic heterocycles. The maximum absolute atomic E-state index is 13.1. The third-order valence-electron chi connectivity index (χ3n) is 5.93. The molecule has 2 heterocycles. The van der Waals surface area contributed by atoms with Crippen molar-refractivity contribution in [3.05, 3.63) is 85.2 Å². The topological polar surface area (TPSA) is 58.4 Å². The number of carbonyl (C=O) groups excluding carboxylic acids is 2. The number of carbonyl (C=O) groups is 2. The van der Waals surface area contributed by atoms with Gasteiger partial charge in [0.2, 0.25) is 11.8 Å². The summed E-state index contributed by atoms with van der Waals surface area (Å²) in [5.41, 5.74) is 3.72. The van der Waals surface area contributed by atoms with Gasteiger partial charge in [-0.2, -0.15) is 0 Å². The third kappa shape index (κ3) is 4.08. The Morgan fingerprint density at radius 3 is 2.53 bits per heavy atom. The Morgan fingerprint density at radius 1 is 1.12 bits per heavy atom. The molecule has 0 radical (unpaired) electrons. The molecule has 0 aliphatic carbocycles. The Kier molecular flexibility index (Phi) is 6.21. The van der Waals surface area contributed by atoms with Gasteiger partial charge >= 0.3 is 0 Å². The lowest BCUT2D eigenvalue weighted by molar-refractivity contribution is -0.130. The molecule has 1 aromatic heterocycles. The lowest BCUT2D eigenvalue weighted by Gasteiger charge is -2.22. The Bertz CT molecular complexity index is 1170. The first-order chi connectivity index (χ1) is 15.5. The molecule has 32 heavy (non-hydrogen) atoms. The van der Waals surface area contributed by atoms with Crippen molar-refractivity contribution in [2.75, 3.05) is 24.5 Å². The number of rotatable bonds is 8. The largest absolute Gasteiger partial charge is 0.334 e. The molecule has 6 nitrogen and oxygen atoms in total. The van der Waals surface area contributed by atoms with E-state index in [1.54, 1.807) is 17.1 Å². The Labute approximate surface area is 188 Å². The highest BCUT2D eigenvalue weighted by molar-refractivity contribution is 5.97. The van der Waals surface area contributed by atoms with Gasteiger partial charge in [-0.1, -0.05) is 42.5 Å². The molecule has 3 aromatic rings. The molecule has 2 amide bonds. The smallest absolute Gasteiger partial charge is 0.243 e. The summed E-state index contributed by atoms with van der Waals surface area (Å²) >= 11 is 0. The van der Waals surface area contributed by atoms with Crippen molar-refractivity contribution in [2.24, 2.45) is 0 Å². The molecule has 1 fully saturated rings. The molecule has 2 aromatic carbocycles. The number of benzene rings is 2. The van der Waals surface area contributed by atoms with E-state index in [0.717, 1.165) is 28.1 Å². The quantitative estimate of drug-likeness (QED) is 0.508. The molecule has 1 atom stereocenters. The van der Waals surface area contributed by atoms with Crippen LogP contribution < -0.4 is 4.90 Å². The van der Waals surface area contributed by atoms with Crippen LogP contribution in [0.1, 0.15) is 23.7 Å². The Morgan fingerprint density at radius 2 is 1.81 bits per heavy atom. The van der Waals surface area contributed by atoms with Gasteiger partial charge in [0.05, 0.1) is 11.0 Å². The average Bonchev–Trinajstić information content (AvgIpc) is 3.34. The lowest BCUT2D eigenvalue weighted by atomic mass is 10.1. The monoisotopic (exact) mass is 428 g/mol. The summed E-state index contributed by atoms with van der Waals surface area (Å²) in [5.74, 6) is 0.735. The average molecular weight is 429 g/mol. The van der Waals surface area contributed by atoms with Crippen LogP contribution in [0.25, 0.3) is 11.0 Å². The Balaban J connectivity index is 1.68. The summed E-state index contributed by atoms with van der Waals surface area (Å²) in [5, 5.41) is 0. The summed E-state index contributed by atoms with van der Waals surface area (Å²) in [6, 6.07) is 15.7. The van der Waals surface area contributed by atoms with Crippen LogP contribution in [0.3, 0.4) is 0 Å². The summed E-state index contributed by atoms with van der Waals surface area (Å²) in [6.07, 6.45) is 3.79. The molecular weight excluding hydrogens is 400 g/mol. The third-order valence-corrected chi connectivity index (χ3v) is 5.93. The predicted molar refractivity (Wildman–Crippen MR) is 128 cm³/mol. The first-order valence-corrected chi connectivity index (χ1v) is 10.8. The number of aromatic nitrogens is 2. The van der Waals surface area contributed by atoms with E-state index < -0.39 is 0 Å². The van der Waals surface area contributed by atoms with E-state index in [1.165, 1.54) is 0 Å². The van der Waals surface area contributed by atoms with Crippen molar-refractivity contribution in [2.45, 2.75) is 25.8 Å². The van der Waals surface area contributed by atoms with Crippen LogP contribution in [-0.4, -0.2) is 45.9 Å². The highest BCUT2D eigenvalue weighted by Crippen LogP contribution is 2.34. The van der Waals surface area contributed by atoms with Crippen LogP contribution in [-0.2, 0) is 16.1 Å². The van der Waals surface area contributed by atoms with Gasteiger partial charge in [-0.25, -0.2) is 4.98 Å². The molecule has 1 aliphatic rings. The van der Waals surface area contributed by atoms with Crippen LogP contribution >= 0.6 is 0 Å². The fourth-order valence-electron chi connectivity index (χ4n) is 4.38. The van der Waals surface area contributed by atoms with E-state index in [1.807, 2.05) is 64.9 Å². The van der Waals surface area contributed by atoms with Gasteiger partial charge in [0, 0.05) is 37.7 Å². The zero-order valence-electron chi connectivity index (χ0n) is 18.4. The molecule has 0 bridgehead atoms. The first-order valence-electron chi connectivity index (χ1n) is 10.8. The van der Waals surface area contributed by atoms with Crippen molar-refractivity contribution in [1.82, 2.24) is 14.5 Å². The molecule has 164 valence electrons. The lowest BCUT2D eigenvalue weighted by Crippen LogP contribution is -2.34. The number of anilines is 1. The number of para-hydroxylation sites is 3. The Hall–Kier alpha value is -3.67. The van der Waals surface area contributed by atoms with Gasteiger partial charge in [0.15, 0.2) is 0 Å². The SMILES string of the molecule is C=CCN(CC=C)C(=O)Cn1c([C@@H]2CC(=O)N(c3ccccc3C)C2)nc2ccccc21. The molecule has 1 saturated heterocycles. The van der Waals surface area contributed by atoms with Gasteiger partial charge in [-0.3, -0.25) is 9.59 Å². The summed E-state index contributed by atoms with van der Waals surface area (Å²) in [4.78, 5) is 34.4. The number of fused-ring (bicyclic) bond motifs is 1. The van der Waals surface area contributed by atoms with E-state index in [2.05, 4.69) is 13.2 Å². The first kappa shape index (κ1) is 21.6. The fourth-order valence-corrected chi connectivity index (χ4v) is 4.38. The number of aryl methyl sites for hydroxylation is 1. The summed E-state index contributed by atoms with van der Waals surface area (Å²) < 4.78 is 1.97. The zero-order valence-corrected chi connectivity index (χ0v) is 18.4. The minimum atomic E-state index is -0.0884.